The molecule has 1 unspecified atom stereocenters. The zero-order valence-corrected chi connectivity index (χ0v) is 19.9. The van der Waals surface area contributed by atoms with Crippen molar-refractivity contribution in [3.63, 3.8) is 0 Å². The Morgan fingerprint density at radius 1 is 1.24 bits per heavy atom. The van der Waals surface area contributed by atoms with Crippen LogP contribution in [-0.2, 0) is 6.42 Å². The summed E-state index contributed by atoms with van der Waals surface area (Å²) >= 11 is 1.45. The maximum absolute atomic E-state index is 13.0. The Hall–Kier alpha value is -1.53. The maximum Gasteiger partial charge on any atom is 0.205 e. The summed E-state index contributed by atoms with van der Waals surface area (Å²) in [6, 6.07) is 5.88. The maximum atomic E-state index is 13.0. The number of halogens is 2. The standard InChI is InChI=1S/C19H27FN6OS.HI/c1-3-17-23-19(28-24-17)26-11-9-25(10-12-26)18(21-4-2)22-13-16(27)14-5-7-15(20)8-6-14;/h5-8,16,27H,3-4,9-13H2,1-2H3,(H,21,22);1H. The lowest BCUT2D eigenvalue weighted by molar-refractivity contribution is 0.186. The number of piperazine rings is 1. The van der Waals surface area contributed by atoms with Gasteiger partial charge in [-0.1, -0.05) is 19.1 Å². The first-order chi connectivity index (χ1) is 13.6. The number of hydrogen-bond donors (Lipinski definition) is 2. The number of nitrogens with zero attached hydrogens (tertiary/aromatic N) is 5. The third kappa shape index (κ3) is 6.48. The zero-order chi connectivity index (χ0) is 19.9. The van der Waals surface area contributed by atoms with Gasteiger partial charge in [0.15, 0.2) is 5.96 Å². The smallest absolute Gasteiger partial charge is 0.205 e. The molecule has 2 N–H and O–H groups in total. The molecule has 10 heteroatoms. The molecule has 1 aromatic heterocycles. The lowest BCUT2D eigenvalue weighted by atomic mass is 10.1. The Morgan fingerprint density at radius 3 is 2.52 bits per heavy atom. The average molecular weight is 534 g/mol. The summed E-state index contributed by atoms with van der Waals surface area (Å²) in [5.74, 6) is 1.37. The molecule has 3 rings (SSSR count). The molecule has 0 aliphatic carbocycles. The predicted octanol–water partition coefficient (Wildman–Crippen LogP) is 2.68. The van der Waals surface area contributed by atoms with Crippen molar-refractivity contribution in [2.45, 2.75) is 26.4 Å². The van der Waals surface area contributed by atoms with Crippen LogP contribution >= 0.6 is 35.5 Å². The predicted molar refractivity (Wildman–Crippen MR) is 126 cm³/mol. The quantitative estimate of drug-likeness (QED) is 0.337. The van der Waals surface area contributed by atoms with Gasteiger partial charge in [0.2, 0.25) is 5.13 Å². The molecule has 7 nitrogen and oxygen atoms in total. The van der Waals surface area contributed by atoms with Gasteiger partial charge in [-0.25, -0.2) is 9.37 Å². The molecule has 1 atom stereocenters. The van der Waals surface area contributed by atoms with Crippen LogP contribution < -0.4 is 10.2 Å². The number of aromatic nitrogens is 2. The summed E-state index contributed by atoms with van der Waals surface area (Å²) in [7, 11) is 0. The molecule has 29 heavy (non-hydrogen) atoms. The SMILES string of the molecule is CCNC(=NCC(O)c1ccc(F)cc1)N1CCN(c2nc(CC)ns2)CC1.I. The molecule has 1 aliphatic heterocycles. The summed E-state index contributed by atoms with van der Waals surface area (Å²) in [5.41, 5.74) is 0.661. The molecule has 160 valence electrons. The normalized spacial score (nSPS) is 15.8. The van der Waals surface area contributed by atoms with Crippen LogP contribution in [0.25, 0.3) is 0 Å². The first-order valence-electron chi connectivity index (χ1n) is 9.65. The summed E-state index contributed by atoms with van der Waals surface area (Å²) in [6.07, 6.45) is 0.0915. The van der Waals surface area contributed by atoms with Crippen LogP contribution in [-0.4, -0.2) is 64.6 Å². The van der Waals surface area contributed by atoms with Crippen LogP contribution in [0.4, 0.5) is 9.52 Å². The van der Waals surface area contributed by atoms with Gasteiger partial charge >= 0.3 is 0 Å². The highest BCUT2D eigenvalue weighted by Gasteiger charge is 2.22. The van der Waals surface area contributed by atoms with E-state index in [1.165, 1.54) is 23.7 Å². The Labute approximate surface area is 192 Å². The van der Waals surface area contributed by atoms with Crippen molar-refractivity contribution in [2.75, 3.05) is 44.2 Å². The highest BCUT2D eigenvalue weighted by molar-refractivity contribution is 14.0. The van der Waals surface area contributed by atoms with Crippen molar-refractivity contribution in [3.05, 3.63) is 41.5 Å². The van der Waals surface area contributed by atoms with Crippen molar-refractivity contribution in [1.29, 1.82) is 0 Å². The van der Waals surface area contributed by atoms with Gasteiger partial charge in [-0.05, 0) is 24.6 Å². The van der Waals surface area contributed by atoms with Crippen molar-refractivity contribution in [3.8, 4) is 0 Å². The van der Waals surface area contributed by atoms with Gasteiger partial charge < -0.3 is 20.2 Å². The van der Waals surface area contributed by atoms with E-state index >= 15 is 0 Å². The second-order valence-electron chi connectivity index (χ2n) is 6.58. The van der Waals surface area contributed by atoms with Crippen LogP contribution in [0.15, 0.2) is 29.3 Å². The summed E-state index contributed by atoms with van der Waals surface area (Å²) in [4.78, 5) is 13.6. The number of benzene rings is 1. The van der Waals surface area contributed by atoms with E-state index in [9.17, 15) is 9.50 Å². The van der Waals surface area contributed by atoms with E-state index in [-0.39, 0.29) is 36.3 Å². The van der Waals surface area contributed by atoms with E-state index in [1.54, 1.807) is 12.1 Å². The Bertz CT molecular complexity index is 779. The number of aliphatic hydroxyl groups is 1. The van der Waals surface area contributed by atoms with Crippen molar-refractivity contribution >= 4 is 46.6 Å². The Kier molecular flexibility index (Phi) is 9.50. The van der Waals surface area contributed by atoms with E-state index in [0.29, 0.717) is 5.56 Å². The minimum absolute atomic E-state index is 0. The molecule has 1 saturated heterocycles. The number of hydrogen-bond acceptors (Lipinski definition) is 6. The molecule has 0 amide bonds. The van der Waals surface area contributed by atoms with E-state index < -0.39 is 6.10 Å². The summed E-state index contributed by atoms with van der Waals surface area (Å²) in [5, 5.41) is 14.6. The zero-order valence-electron chi connectivity index (χ0n) is 16.7. The third-order valence-corrected chi connectivity index (χ3v) is 5.44. The fourth-order valence-corrected chi connectivity index (χ4v) is 3.82. The van der Waals surface area contributed by atoms with E-state index in [0.717, 1.165) is 56.1 Å². The molecular weight excluding hydrogens is 506 g/mol. The van der Waals surface area contributed by atoms with Crippen LogP contribution in [0.2, 0.25) is 0 Å². The largest absolute Gasteiger partial charge is 0.386 e. The first kappa shape index (κ1) is 23.7. The summed E-state index contributed by atoms with van der Waals surface area (Å²) in [6.45, 7) is 8.40. The minimum atomic E-state index is -0.760. The Balaban J connectivity index is 0.00000300. The van der Waals surface area contributed by atoms with Crippen molar-refractivity contribution < 1.29 is 9.50 Å². The summed E-state index contributed by atoms with van der Waals surface area (Å²) < 4.78 is 17.4. The third-order valence-electron chi connectivity index (χ3n) is 4.63. The fraction of sp³-hybridized carbons (Fsp3) is 0.526. The van der Waals surface area contributed by atoms with Crippen molar-refractivity contribution in [2.24, 2.45) is 4.99 Å². The minimum Gasteiger partial charge on any atom is -0.386 e. The van der Waals surface area contributed by atoms with E-state index in [2.05, 4.69) is 36.4 Å². The van der Waals surface area contributed by atoms with Crippen LogP contribution in [0, 0.1) is 5.82 Å². The number of aliphatic hydroxyl groups excluding tert-OH is 1. The topological polar surface area (TPSA) is 76.9 Å². The van der Waals surface area contributed by atoms with Crippen LogP contribution in [0.3, 0.4) is 0 Å². The second kappa shape index (κ2) is 11.6. The first-order valence-corrected chi connectivity index (χ1v) is 10.4. The average Bonchev–Trinajstić information content (AvgIpc) is 3.21. The van der Waals surface area contributed by atoms with Crippen molar-refractivity contribution in [1.82, 2.24) is 19.6 Å². The molecule has 2 aromatic rings. The number of anilines is 1. The molecule has 0 bridgehead atoms. The monoisotopic (exact) mass is 534 g/mol. The number of guanidine groups is 1. The highest BCUT2D eigenvalue weighted by atomic mass is 127. The van der Waals surface area contributed by atoms with Gasteiger partial charge in [0, 0.05) is 50.7 Å². The number of aliphatic imine (C=N–C) groups is 1. The molecule has 1 aliphatic rings. The Morgan fingerprint density at radius 2 is 1.93 bits per heavy atom. The molecule has 1 fully saturated rings. The highest BCUT2D eigenvalue weighted by Crippen LogP contribution is 2.19. The van der Waals surface area contributed by atoms with Gasteiger partial charge in [0.1, 0.15) is 11.6 Å². The molecule has 1 aromatic carbocycles. The lowest BCUT2D eigenvalue weighted by Gasteiger charge is -2.36. The van der Waals surface area contributed by atoms with Gasteiger partial charge in [0.25, 0.3) is 0 Å². The fourth-order valence-electron chi connectivity index (χ4n) is 3.02. The molecule has 0 radical (unpaired) electrons. The molecule has 0 spiro atoms. The number of rotatable bonds is 6. The number of aryl methyl sites for hydroxylation is 1. The number of nitrogens with one attached hydrogen (secondary N) is 1. The molecule has 0 saturated carbocycles. The van der Waals surface area contributed by atoms with Gasteiger partial charge in [-0.3, -0.25) is 4.99 Å². The van der Waals surface area contributed by atoms with Crippen LogP contribution in [0.1, 0.15) is 31.3 Å². The molecule has 2 heterocycles. The van der Waals surface area contributed by atoms with Gasteiger partial charge in [0.05, 0.1) is 12.6 Å². The van der Waals surface area contributed by atoms with E-state index in [1.807, 2.05) is 6.92 Å². The molecular formula is C19H28FIN6OS. The van der Waals surface area contributed by atoms with Crippen LogP contribution in [0.5, 0.6) is 0 Å². The lowest BCUT2D eigenvalue weighted by Crippen LogP contribution is -2.52. The van der Waals surface area contributed by atoms with Gasteiger partial charge in [-0.2, -0.15) is 4.37 Å². The van der Waals surface area contributed by atoms with E-state index in [4.69, 9.17) is 0 Å². The second-order valence-corrected chi connectivity index (χ2v) is 7.31. The van der Waals surface area contributed by atoms with Gasteiger partial charge in [-0.15, -0.1) is 24.0 Å².